The average Bonchev–Trinajstić information content (AvgIpc) is 3.45. The summed E-state index contributed by atoms with van der Waals surface area (Å²) in [6.07, 6.45) is 7.00. The predicted molar refractivity (Wildman–Crippen MR) is 107 cm³/mol. The summed E-state index contributed by atoms with van der Waals surface area (Å²) in [6.45, 7) is 6.04. The van der Waals surface area contributed by atoms with Crippen LogP contribution in [0.25, 0.3) is 0 Å². The van der Waals surface area contributed by atoms with Gasteiger partial charge in [-0.3, -0.25) is 19.1 Å². The summed E-state index contributed by atoms with van der Waals surface area (Å²) in [6, 6.07) is 1.78. The monoisotopic (exact) mass is 401 g/mol. The van der Waals surface area contributed by atoms with E-state index in [0.29, 0.717) is 17.9 Å². The van der Waals surface area contributed by atoms with Crippen LogP contribution in [0.3, 0.4) is 0 Å². The van der Waals surface area contributed by atoms with Gasteiger partial charge in [-0.05, 0) is 39.0 Å². The lowest BCUT2D eigenvalue weighted by Crippen LogP contribution is -2.65. The fourth-order valence-electron chi connectivity index (χ4n) is 4.81. The molecule has 1 saturated carbocycles. The van der Waals surface area contributed by atoms with Gasteiger partial charge in [0.25, 0.3) is 11.8 Å². The van der Waals surface area contributed by atoms with E-state index in [1.54, 1.807) is 20.5 Å². The highest BCUT2D eigenvalue weighted by Gasteiger charge is 2.48. The molecular weight excluding hydrogens is 370 g/mol. The van der Waals surface area contributed by atoms with Crippen molar-refractivity contribution in [2.24, 2.45) is 0 Å². The Balaban J connectivity index is 1.62. The summed E-state index contributed by atoms with van der Waals surface area (Å²) < 4.78 is 1.56. The maximum absolute atomic E-state index is 13.3. The Kier molecular flexibility index (Phi) is 5.36. The van der Waals surface area contributed by atoms with E-state index in [1.165, 1.54) is 0 Å². The molecule has 1 aliphatic carbocycles. The molecule has 3 aliphatic rings. The summed E-state index contributed by atoms with van der Waals surface area (Å²) in [5.41, 5.74) is -0.317. The van der Waals surface area contributed by atoms with Gasteiger partial charge in [0.2, 0.25) is 5.91 Å². The van der Waals surface area contributed by atoms with Gasteiger partial charge < -0.3 is 15.1 Å². The second-order valence-electron chi connectivity index (χ2n) is 8.76. The van der Waals surface area contributed by atoms with Crippen molar-refractivity contribution in [1.82, 2.24) is 24.9 Å². The maximum Gasteiger partial charge on any atom is 0.274 e. The van der Waals surface area contributed by atoms with E-state index >= 15 is 0 Å². The van der Waals surface area contributed by atoms with Crippen LogP contribution in [0.5, 0.6) is 0 Å². The third-order valence-corrected chi connectivity index (χ3v) is 6.54. The third kappa shape index (κ3) is 3.53. The van der Waals surface area contributed by atoms with Crippen LogP contribution in [0.15, 0.2) is 6.07 Å². The Bertz CT molecular complexity index is 807. The second kappa shape index (κ2) is 7.80. The SMILES string of the molecule is CCCN1C(=O)c2cc(C(=O)N3CCCC3)nn2C[C@]1(C)C(=O)NC1CCCC1. The van der Waals surface area contributed by atoms with Crippen molar-refractivity contribution < 1.29 is 14.4 Å². The predicted octanol–water partition coefficient (Wildman–Crippen LogP) is 1.80. The molecule has 0 bridgehead atoms. The van der Waals surface area contributed by atoms with Gasteiger partial charge in [0.15, 0.2) is 5.69 Å². The minimum atomic E-state index is -1.01. The van der Waals surface area contributed by atoms with E-state index in [4.69, 9.17) is 0 Å². The molecule has 1 aromatic rings. The quantitative estimate of drug-likeness (QED) is 0.815. The van der Waals surface area contributed by atoms with Crippen molar-refractivity contribution >= 4 is 17.7 Å². The first-order chi connectivity index (χ1) is 13.9. The molecule has 8 heteroatoms. The largest absolute Gasteiger partial charge is 0.351 e. The first-order valence-corrected chi connectivity index (χ1v) is 10.9. The first-order valence-electron chi connectivity index (χ1n) is 10.9. The minimum Gasteiger partial charge on any atom is -0.351 e. The van der Waals surface area contributed by atoms with Crippen LogP contribution in [0, 0.1) is 0 Å². The number of fused-ring (bicyclic) bond motifs is 1. The number of rotatable bonds is 5. The average molecular weight is 402 g/mol. The molecule has 1 aromatic heterocycles. The van der Waals surface area contributed by atoms with Crippen LogP contribution in [-0.4, -0.2) is 68.5 Å². The summed E-state index contributed by atoms with van der Waals surface area (Å²) in [7, 11) is 0. The maximum atomic E-state index is 13.3. The van der Waals surface area contributed by atoms with Crippen molar-refractivity contribution in [2.45, 2.75) is 76.9 Å². The van der Waals surface area contributed by atoms with Gasteiger partial charge in [0.1, 0.15) is 11.2 Å². The molecule has 1 saturated heterocycles. The molecule has 3 heterocycles. The van der Waals surface area contributed by atoms with E-state index in [-0.39, 0.29) is 30.3 Å². The molecule has 0 aromatic carbocycles. The second-order valence-corrected chi connectivity index (χ2v) is 8.76. The van der Waals surface area contributed by atoms with Crippen LogP contribution in [0.2, 0.25) is 0 Å². The lowest BCUT2D eigenvalue weighted by molar-refractivity contribution is -0.133. The van der Waals surface area contributed by atoms with Gasteiger partial charge in [-0.15, -0.1) is 0 Å². The van der Waals surface area contributed by atoms with E-state index in [0.717, 1.165) is 58.0 Å². The molecule has 0 radical (unpaired) electrons. The number of carbonyl (C=O) groups excluding carboxylic acids is 3. The highest BCUT2D eigenvalue weighted by Crippen LogP contribution is 2.29. The Morgan fingerprint density at radius 3 is 2.55 bits per heavy atom. The zero-order chi connectivity index (χ0) is 20.6. The minimum absolute atomic E-state index is 0.125. The van der Waals surface area contributed by atoms with Gasteiger partial charge in [-0.1, -0.05) is 19.8 Å². The number of aromatic nitrogens is 2. The smallest absolute Gasteiger partial charge is 0.274 e. The Labute approximate surface area is 171 Å². The summed E-state index contributed by atoms with van der Waals surface area (Å²) in [5.74, 6) is -0.480. The van der Waals surface area contributed by atoms with Crippen molar-refractivity contribution in [3.63, 3.8) is 0 Å². The number of amides is 3. The summed E-state index contributed by atoms with van der Waals surface area (Å²) >= 11 is 0. The molecule has 1 N–H and O–H groups in total. The topological polar surface area (TPSA) is 87.5 Å². The van der Waals surface area contributed by atoms with E-state index in [1.807, 2.05) is 13.8 Å². The van der Waals surface area contributed by atoms with Crippen LogP contribution in [-0.2, 0) is 11.3 Å². The van der Waals surface area contributed by atoms with Gasteiger partial charge in [0, 0.05) is 31.7 Å². The molecule has 1 atom stereocenters. The highest BCUT2D eigenvalue weighted by molar-refractivity contribution is 6.02. The molecule has 4 rings (SSSR count). The number of likely N-dealkylation sites (tertiary alicyclic amines) is 1. The van der Waals surface area contributed by atoms with Crippen molar-refractivity contribution in [3.05, 3.63) is 17.5 Å². The van der Waals surface area contributed by atoms with Gasteiger partial charge in [0.05, 0.1) is 6.54 Å². The summed E-state index contributed by atoms with van der Waals surface area (Å²) in [5, 5.41) is 7.60. The molecular formula is C21H31N5O3. The van der Waals surface area contributed by atoms with Gasteiger partial charge in [-0.25, -0.2) is 0 Å². The van der Waals surface area contributed by atoms with Gasteiger partial charge in [-0.2, -0.15) is 5.10 Å². The number of hydrogen-bond acceptors (Lipinski definition) is 4. The fraction of sp³-hybridized carbons (Fsp3) is 0.714. The van der Waals surface area contributed by atoms with Crippen molar-refractivity contribution in [2.75, 3.05) is 19.6 Å². The van der Waals surface area contributed by atoms with Crippen molar-refractivity contribution in [3.8, 4) is 0 Å². The molecule has 2 fully saturated rings. The third-order valence-electron chi connectivity index (χ3n) is 6.54. The van der Waals surface area contributed by atoms with E-state index in [2.05, 4.69) is 10.4 Å². The van der Waals surface area contributed by atoms with Crippen LogP contribution in [0.4, 0.5) is 0 Å². The first kappa shape index (κ1) is 19.9. The number of nitrogens with one attached hydrogen (secondary N) is 1. The Morgan fingerprint density at radius 1 is 1.21 bits per heavy atom. The normalized spacial score (nSPS) is 24.8. The van der Waals surface area contributed by atoms with Crippen molar-refractivity contribution in [1.29, 1.82) is 0 Å². The number of carbonyl (C=O) groups is 3. The molecule has 29 heavy (non-hydrogen) atoms. The lowest BCUT2D eigenvalue weighted by Gasteiger charge is -2.43. The van der Waals surface area contributed by atoms with E-state index in [9.17, 15) is 14.4 Å². The molecule has 8 nitrogen and oxygen atoms in total. The zero-order valence-electron chi connectivity index (χ0n) is 17.4. The zero-order valence-corrected chi connectivity index (χ0v) is 17.4. The molecule has 0 spiro atoms. The van der Waals surface area contributed by atoms with Crippen LogP contribution in [0.1, 0.15) is 79.8 Å². The molecule has 158 valence electrons. The number of hydrogen-bond donors (Lipinski definition) is 1. The van der Waals surface area contributed by atoms with Crippen LogP contribution >= 0.6 is 0 Å². The summed E-state index contributed by atoms with van der Waals surface area (Å²) in [4.78, 5) is 42.7. The Hall–Kier alpha value is -2.38. The molecule has 3 amide bonds. The van der Waals surface area contributed by atoms with Gasteiger partial charge >= 0.3 is 0 Å². The highest BCUT2D eigenvalue weighted by atomic mass is 16.2. The number of nitrogens with zero attached hydrogens (tertiary/aromatic N) is 4. The van der Waals surface area contributed by atoms with Crippen LogP contribution < -0.4 is 5.32 Å². The van der Waals surface area contributed by atoms with E-state index < -0.39 is 5.54 Å². The fourth-order valence-corrected chi connectivity index (χ4v) is 4.81. The lowest BCUT2D eigenvalue weighted by atomic mass is 9.94. The molecule has 0 unspecified atom stereocenters. The molecule has 2 aliphatic heterocycles. The Morgan fingerprint density at radius 2 is 1.90 bits per heavy atom. The standard InChI is InChI=1S/C21H31N5O3/c1-3-10-25-19(28)17-13-16(18(27)24-11-6-7-12-24)23-26(17)14-21(25,2)20(29)22-15-8-4-5-9-15/h13,15H,3-12,14H2,1-2H3,(H,22,29)/t21-/m1/s1.